The molecule has 1 aromatic carbocycles. The third-order valence-corrected chi connectivity index (χ3v) is 3.83. The lowest BCUT2D eigenvalue weighted by atomic mass is 9.96. The quantitative estimate of drug-likeness (QED) is 0.641. The number of carboxylic acid groups (broad SMARTS) is 1. The van der Waals surface area contributed by atoms with Gasteiger partial charge in [-0.2, -0.15) is 0 Å². The van der Waals surface area contributed by atoms with E-state index >= 15 is 0 Å². The molecule has 0 aromatic heterocycles. The number of allylic oxidation sites excluding steroid dienone is 2. The zero-order chi connectivity index (χ0) is 13.7. The van der Waals surface area contributed by atoms with Crippen LogP contribution >= 0.6 is 0 Å². The lowest BCUT2D eigenvalue weighted by molar-refractivity contribution is -0.131. The molecule has 2 bridgehead atoms. The molecular formula is C17H20O2. The van der Waals surface area contributed by atoms with Crippen LogP contribution in [0.3, 0.4) is 0 Å². The van der Waals surface area contributed by atoms with Crippen LogP contribution in [0.4, 0.5) is 0 Å². The number of hydrogen-bond acceptors (Lipinski definition) is 1. The van der Waals surface area contributed by atoms with Crippen LogP contribution in [0, 0.1) is 17.8 Å². The molecule has 3 atom stereocenters. The molecule has 3 rings (SSSR count). The monoisotopic (exact) mass is 256 g/mol. The Bertz CT molecular complexity index is 473. The van der Waals surface area contributed by atoms with Gasteiger partial charge in [-0.3, -0.25) is 0 Å². The van der Waals surface area contributed by atoms with Crippen molar-refractivity contribution in [3.8, 4) is 0 Å². The highest BCUT2D eigenvalue weighted by atomic mass is 16.4. The molecule has 3 unspecified atom stereocenters. The first-order valence-electron chi connectivity index (χ1n) is 6.79. The summed E-state index contributed by atoms with van der Waals surface area (Å²) >= 11 is 0. The number of benzene rings is 1. The van der Waals surface area contributed by atoms with E-state index in [1.807, 2.05) is 30.3 Å². The van der Waals surface area contributed by atoms with Crippen molar-refractivity contribution in [2.45, 2.75) is 19.8 Å². The Labute approximate surface area is 114 Å². The van der Waals surface area contributed by atoms with Gasteiger partial charge in [-0.15, -0.1) is 0 Å². The zero-order valence-electron chi connectivity index (χ0n) is 11.2. The zero-order valence-corrected chi connectivity index (χ0v) is 11.2. The minimum absolute atomic E-state index is 0.898. The van der Waals surface area contributed by atoms with Gasteiger partial charge in [0.2, 0.25) is 0 Å². The van der Waals surface area contributed by atoms with Gasteiger partial charge in [0, 0.05) is 6.08 Å². The molecule has 0 aliphatic heterocycles. The Morgan fingerprint density at radius 1 is 1.21 bits per heavy atom. The normalized spacial score (nSPS) is 27.3. The van der Waals surface area contributed by atoms with Crippen LogP contribution in [0.15, 0.2) is 48.6 Å². The predicted octanol–water partition coefficient (Wildman–Crippen LogP) is 4.00. The van der Waals surface area contributed by atoms with Crippen LogP contribution in [0.5, 0.6) is 0 Å². The summed E-state index contributed by atoms with van der Waals surface area (Å²) in [6, 6.07) is 9.31. The summed E-state index contributed by atoms with van der Waals surface area (Å²) in [6.45, 7) is 2.37. The molecule has 100 valence electrons. The summed E-state index contributed by atoms with van der Waals surface area (Å²) in [6.07, 6.45) is 10.4. The van der Waals surface area contributed by atoms with E-state index in [2.05, 4.69) is 19.1 Å². The summed E-state index contributed by atoms with van der Waals surface area (Å²) in [7, 11) is 0. The van der Waals surface area contributed by atoms with Gasteiger partial charge >= 0.3 is 5.97 Å². The van der Waals surface area contributed by atoms with Crippen molar-refractivity contribution in [2.24, 2.45) is 17.8 Å². The van der Waals surface area contributed by atoms with Gasteiger partial charge in [-0.25, -0.2) is 4.79 Å². The van der Waals surface area contributed by atoms with Crippen LogP contribution in [-0.4, -0.2) is 11.1 Å². The highest BCUT2D eigenvalue weighted by Gasteiger charge is 2.32. The average Bonchev–Trinajstić information content (AvgIpc) is 3.00. The van der Waals surface area contributed by atoms with Crippen molar-refractivity contribution >= 4 is 12.0 Å². The maximum atomic E-state index is 10.1. The van der Waals surface area contributed by atoms with E-state index < -0.39 is 5.97 Å². The lowest BCUT2D eigenvalue weighted by Gasteiger charge is -2.09. The third-order valence-electron chi connectivity index (χ3n) is 3.83. The van der Waals surface area contributed by atoms with Crippen LogP contribution < -0.4 is 0 Å². The average molecular weight is 256 g/mol. The first-order valence-corrected chi connectivity index (χ1v) is 6.79. The number of carboxylic acids is 1. The molecular weight excluding hydrogens is 236 g/mol. The minimum atomic E-state index is -0.922. The summed E-state index contributed by atoms with van der Waals surface area (Å²) in [5, 5.41) is 8.29. The number of rotatable bonds is 2. The summed E-state index contributed by atoms with van der Waals surface area (Å²) in [4.78, 5) is 10.1. The molecule has 0 saturated heterocycles. The predicted molar refractivity (Wildman–Crippen MR) is 77.6 cm³/mol. The molecule has 1 aromatic rings. The first kappa shape index (κ1) is 13.6. The van der Waals surface area contributed by atoms with Crippen molar-refractivity contribution in [1.82, 2.24) is 0 Å². The Hall–Kier alpha value is -1.83. The minimum Gasteiger partial charge on any atom is -0.478 e. The molecule has 1 fully saturated rings. The van der Waals surface area contributed by atoms with Gasteiger partial charge < -0.3 is 5.11 Å². The van der Waals surface area contributed by atoms with Gasteiger partial charge in [0.05, 0.1) is 0 Å². The largest absolute Gasteiger partial charge is 0.478 e. The lowest BCUT2D eigenvalue weighted by Crippen LogP contribution is -1.99. The standard InChI is InChI=1S/C9H8O2.C8H12/c10-9(11)7-6-8-4-2-1-3-5-8;1-6-4-7-2-3-8(6)5-7/h1-7H,(H,10,11);2-3,6-8H,4-5H2,1H3. The number of carbonyl (C=O) groups is 1. The van der Waals surface area contributed by atoms with E-state index in [0.29, 0.717) is 0 Å². The van der Waals surface area contributed by atoms with Gasteiger partial charge in [-0.05, 0) is 42.2 Å². The fourth-order valence-corrected chi connectivity index (χ4v) is 2.79. The third kappa shape index (κ3) is 4.09. The molecule has 0 heterocycles. The first-order chi connectivity index (χ1) is 9.15. The number of aliphatic carboxylic acids is 1. The summed E-state index contributed by atoms with van der Waals surface area (Å²) in [5.74, 6) is 1.99. The molecule has 1 saturated carbocycles. The fourth-order valence-electron chi connectivity index (χ4n) is 2.79. The van der Waals surface area contributed by atoms with Crippen LogP contribution in [-0.2, 0) is 4.79 Å². The molecule has 0 amide bonds. The van der Waals surface area contributed by atoms with E-state index in [1.54, 1.807) is 6.08 Å². The molecule has 2 aliphatic carbocycles. The maximum Gasteiger partial charge on any atom is 0.328 e. The SMILES string of the molecule is CC1CC2C=CC1C2.O=C(O)C=Cc1ccccc1. The Morgan fingerprint density at radius 2 is 1.95 bits per heavy atom. The highest BCUT2D eigenvalue weighted by molar-refractivity contribution is 5.85. The summed E-state index contributed by atoms with van der Waals surface area (Å²) < 4.78 is 0. The van der Waals surface area contributed by atoms with Gasteiger partial charge in [-0.1, -0.05) is 49.4 Å². The maximum absolute atomic E-state index is 10.1. The van der Waals surface area contributed by atoms with E-state index in [-0.39, 0.29) is 0 Å². The van der Waals surface area contributed by atoms with Crippen LogP contribution in [0.2, 0.25) is 0 Å². The smallest absolute Gasteiger partial charge is 0.328 e. The van der Waals surface area contributed by atoms with E-state index in [1.165, 1.54) is 12.8 Å². The van der Waals surface area contributed by atoms with E-state index in [4.69, 9.17) is 5.11 Å². The van der Waals surface area contributed by atoms with Crippen LogP contribution in [0.1, 0.15) is 25.3 Å². The molecule has 2 nitrogen and oxygen atoms in total. The Kier molecular flexibility index (Phi) is 4.56. The fraction of sp³-hybridized carbons (Fsp3) is 0.353. The Morgan fingerprint density at radius 3 is 2.37 bits per heavy atom. The van der Waals surface area contributed by atoms with Gasteiger partial charge in [0.15, 0.2) is 0 Å². The Balaban J connectivity index is 0.000000146. The second-order valence-electron chi connectivity index (χ2n) is 5.34. The van der Waals surface area contributed by atoms with Crippen LogP contribution in [0.25, 0.3) is 6.08 Å². The van der Waals surface area contributed by atoms with Gasteiger partial charge in [0.1, 0.15) is 0 Å². The molecule has 19 heavy (non-hydrogen) atoms. The van der Waals surface area contributed by atoms with Crippen molar-refractivity contribution < 1.29 is 9.90 Å². The molecule has 0 radical (unpaired) electrons. The molecule has 2 heteroatoms. The summed E-state index contributed by atoms with van der Waals surface area (Å²) in [5.41, 5.74) is 0.898. The van der Waals surface area contributed by atoms with E-state index in [9.17, 15) is 4.79 Å². The topological polar surface area (TPSA) is 37.3 Å². The molecule has 0 spiro atoms. The highest BCUT2D eigenvalue weighted by Crippen LogP contribution is 2.42. The van der Waals surface area contributed by atoms with Crippen molar-refractivity contribution in [3.05, 3.63) is 54.1 Å². The number of hydrogen-bond donors (Lipinski definition) is 1. The van der Waals surface area contributed by atoms with Crippen molar-refractivity contribution in [3.63, 3.8) is 0 Å². The van der Waals surface area contributed by atoms with Gasteiger partial charge in [0.25, 0.3) is 0 Å². The second-order valence-corrected chi connectivity index (χ2v) is 5.34. The number of fused-ring (bicyclic) bond motifs is 2. The molecule has 2 aliphatic rings. The molecule has 1 N–H and O–H groups in total. The second kappa shape index (κ2) is 6.37. The van der Waals surface area contributed by atoms with E-state index in [0.717, 1.165) is 29.4 Å². The van der Waals surface area contributed by atoms with Crippen molar-refractivity contribution in [2.75, 3.05) is 0 Å². The van der Waals surface area contributed by atoms with Crippen molar-refractivity contribution in [1.29, 1.82) is 0 Å².